The third kappa shape index (κ3) is 8.46. The van der Waals surface area contributed by atoms with Gasteiger partial charge in [-0.1, -0.05) is 13.8 Å². The predicted molar refractivity (Wildman–Crippen MR) is 134 cm³/mol. The minimum atomic E-state index is -0.529. The first-order valence-electron chi connectivity index (χ1n) is 11.2. The molecule has 2 heterocycles. The number of hydrogen-bond acceptors (Lipinski definition) is 5. The van der Waals surface area contributed by atoms with Crippen molar-refractivity contribution in [3.8, 4) is 0 Å². The van der Waals surface area contributed by atoms with Crippen molar-refractivity contribution in [2.75, 3.05) is 13.1 Å². The van der Waals surface area contributed by atoms with Crippen LogP contribution >= 0.6 is 24.0 Å². The van der Waals surface area contributed by atoms with Crippen molar-refractivity contribution in [1.29, 1.82) is 0 Å². The highest BCUT2D eigenvalue weighted by molar-refractivity contribution is 14.0. The van der Waals surface area contributed by atoms with Gasteiger partial charge in [0, 0.05) is 26.1 Å². The zero-order valence-corrected chi connectivity index (χ0v) is 22.2. The van der Waals surface area contributed by atoms with E-state index < -0.39 is 17.2 Å². The summed E-state index contributed by atoms with van der Waals surface area (Å²) in [5.41, 5.74) is -0.953. The maximum absolute atomic E-state index is 12.4. The summed E-state index contributed by atoms with van der Waals surface area (Å²) in [5.74, 6) is 2.65. The maximum Gasteiger partial charge on any atom is 0.408 e. The first-order valence-corrected chi connectivity index (χ1v) is 11.2. The predicted octanol–water partition coefficient (Wildman–Crippen LogP) is 3.37. The number of nitrogens with zero attached hydrogens (tertiary/aromatic N) is 4. The summed E-state index contributed by atoms with van der Waals surface area (Å²) in [6.07, 6.45) is 4.46. The topological polar surface area (TPSA) is 105 Å². The molecule has 0 unspecified atom stereocenters. The van der Waals surface area contributed by atoms with Crippen LogP contribution in [0.25, 0.3) is 0 Å². The number of amides is 1. The van der Waals surface area contributed by atoms with Crippen LogP contribution in [0.4, 0.5) is 4.79 Å². The minimum absolute atomic E-state index is 0. The maximum atomic E-state index is 12.4. The Morgan fingerprint density at radius 3 is 2.45 bits per heavy atom. The third-order valence-corrected chi connectivity index (χ3v) is 5.37. The molecule has 2 rings (SSSR count). The Bertz CT molecular complexity index is 724. The molecule has 0 fully saturated rings. The molecule has 0 atom stereocenters. The van der Waals surface area contributed by atoms with E-state index in [2.05, 4.69) is 44.6 Å². The summed E-state index contributed by atoms with van der Waals surface area (Å²) < 4.78 is 7.64. The molecule has 0 aliphatic carbocycles. The lowest BCUT2D eigenvalue weighted by molar-refractivity contribution is 0.0448. The van der Waals surface area contributed by atoms with Crippen molar-refractivity contribution in [1.82, 2.24) is 30.7 Å². The standard InChI is InChI=1S/C21H39N7O2.HI/c1-7-21(8-2,25-19(29)30-20(4,5)6)15-24-18(22-9-3)23-14-17-27-26-16-12-10-11-13-28(16)17;/h7-15H2,1-6H3,(H,25,29)(H2,22,23,24);1H. The number of fused-ring (bicyclic) bond motifs is 1. The van der Waals surface area contributed by atoms with Crippen molar-refractivity contribution in [2.24, 2.45) is 4.99 Å². The van der Waals surface area contributed by atoms with Crippen LogP contribution in [0.3, 0.4) is 0 Å². The number of guanidine groups is 1. The summed E-state index contributed by atoms with van der Waals surface area (Å²) in [5, 5.41) is 18.3. The van der Waals surface area contributed by atoms with Crippen molar-refractivity contribution in [2.45, 2.75) is 97.9 Å². The minimum Gasteiger partial charge on any atom is -0.444 e. The number of aryl methyl sites for hydroxylation is 1. The number of aliphatic imine (C=N–C) groups is 1. The Balaban J connectivity index is 0.00000480. The molecule has 178 valence electrons. The second-order valence-corrected chi connectivity index (χ2v) is 8.80. The van der Waals surface area contributed by atoms with Gasteiger partial charge < -0.3 is 25.3 Å². The van der Waals surface area contributed by atoms with Gasteiger partial charge in [0.1, 0.15) is 18.0 Å². The van der Waals surface area contributed by atoms with Crippen molar-refractivity contribution in [3.63, 3.8) is 0 Å². The van der Waals surface area contributed by atoms with Crippen LogP contribution in [0.2, 0.25) is 0 Å². The van der Waals surface area contributed by atoms with Gasteiger partial charge in [-0.15, -0.1) is 34.2 Å². The second kappa shape index (κ2) is 12.4. The molecule has 10 heteroatoms. The van der Waals surface area contributed by atoms with Gasteiger partial charge in [0.05, 0.1) is 5.54 Å². The lowest BCUT2D eigenvalue weighted by atomic mass is 9.93. The number of hydrogen-bond donors (Lipinski definition) is 3. The molecule has 9 nitrogen and oxygen atoms in total. The van der Waals surface area contributed by atoms with Crippen LogP contribution in [0.1, 0.15) is 78.9 Å². The van der Waals surface area contributed by atoms with Gasteiger partial charge in [-0.25, -0.2) is 9.79 Å². The number of carbonyl (C=O) groups is 1. The van der Waals surface area contributed by atoms with Crippen LogP contribution in [-0.2, 0) is 24.2 Å². The Morgan fingerprint density at radius 1 is 1.13 bits per heavy atom. The van der Waals surface area contributed by atoms with E-state index in [1.54, 1.807) is 0 Å². The van der Waals surface area contributed by atoms with Gasteiger partial charge in [0.2, 0.25) is 0 Å². The molecule has 0 spiro atoms. The Morgan fingerprint density at radius 2 is 1.84 bits per heavy atom. The van der Waals surface area contributed by atoms with Gasteiger partial charge in [-0.3, -0.25) is 0 Å². The fourth-order valence-corrected chi connectivity index (χ4v) is 3.47. The Hall–Kier alpha value is -1.59. The van der Waals surface area contributed by atoms with E-state index in [9.17, 15) is 4.79 Å². The average molecular weight is 550 g/mol. The Labute approximate surface area is 203 Å². The number of rotatable bonds is 8. The average Bonchev–Trinajstić information content (AvgIpc) is 3.11. The zero-order valence-electron chi connectivity index (χ0n) is 19.9. The highest BCUT2D eigenvalue weighted by Crippen LogP contribution is 2.17. The summed E-state index contributed by atoms with van der Waals surface area (Å²) >= 11 is 0. The molecular weight excluding hydrogens is 509 g/mol. The fraction of sp³-hybridized carbons (Fsp3) is 0.810. The van der Waals surface area contributed by atoms with E-state index in [0.29, 0.717) is 19.0 Å². The molecule has 0 saturated heterocycles. The lowest BCUT2D eigenvalue weighted by Gasteiger charge is -2.34. The number of carbonyl (C=O) groups excluding carboxylic acids is 1. The van der Waals surface area contributed by atoms with E-state index in [1.807, 2.05) is 27.7 Å². The van der Waals surface area contributed by atoms with Gasteiger partial charge in [-0.2, -0.15) is 0 Å². The van der Waals surface area contributed by atoms with Crippen molar-refractivity contribution in [3.05, 3.63) is 11.6 Å². The fourth-order valence-electron chi connectivity index (χ4n) is 3.47. The smallest absolute Gasteiger partial charge is 0.408 e. The molecule has 3 N–H and O–H groups in total. The van der Waals surface area contributed by atoms with Gasteiger partial charge in [0.15, 0.2) is 11.8 Å². The number of aromatic nitrogens is 3. The van der Waals surface area contributed by atoms with Crippen LogP contribution in [0, 0.1) is 0 Å². The van der Waals surface area contributed by atoms with Crippen LogP contribution in [-0.4, -0.2) is 51.0 Å². The number of alkyl carbamates (subject to hydrolysis) is 1. The number of nitrogens with one attached hydrogen (secondary N) is 3. The van der Waals surface area contributed by atoms with Gasteiger partial charge in [-0.05, 0) is 53.4 Å². The van der Waals surface area contributed by atoms with Crippen LogP contribution < -0.4 is 16.0 Å². The first-order chi connectivity index (χ1) is 14.2. The van der Waals surface area contributed by atoms with Crippen LogP contribution in [0.5, 0.6) is 0 Å². The molecule has 0 radical (unpaired) electrons. The first kappa shape index (κ1) is 27.4. The van der Waals surface area contributed by atoms with E-state index >= 15 is 0 Å². The summed E-state index contributed by atoms with van der Waals surface area (Å²) in [7, 11) is 0. The van der Waals surface area contributed by atoms with E-state index in [-0.39, 0.29) is 24.0 Å². The highest BCUT2D eigenvalue weighted by Gasteiger charge is 2.30. The molecule has 31 heavy (non-hydrogen) atoms. The molecule has 0 saturated carbocycles. The van der Waals surface area contributed by atoms with E-state index in [0.717, 1.165) is 50.4 Å². The normalized spacial score (nSPS) is 14.3. The second-order valence-electron chi connectivity index (χ2n) is 8.80. The molecule has 1 aromatic heterocycles. The molecule has 0 bridgehead atoms. The largest absolute Gasteiger partial charge is 0.444 e. The molecule has 1 aliphatic rings. The van der Waals surface area contributed by atoms with E-state index in [4.69, 9.17) is 9.73 Å². The quantitative estimate of drug-likeness (QED) is 0.261. The number of halogens is 1. The monoisotopic (exact) mass is 549 g/mol. The third-order valence-electron chi connectivity index (χ3n) is 5.37. The highest BCUT2D eigenvalue weighted by atomic mass is 127. The molecule has 1 amide bonds. The van der Waals surface area contributed by atoms with E-state index in [1.165, 1.54) is 6.42 Å². The molecule has 1 aliphatic heterocycles. The summed E-state index contributed by atoms with van der Waals surface area (Å²) in [4.78, 5) is 17.1. The summed E-state index contributed by atoms with van der Waals surface area (Å²) in [6, 6.07) is 0. The number of ether oxygens (including phenoxy) is 1. The molecule has 1 aromatic rings. The zero-order chi connectivity index (χ0) is 22.2. The van der Waals surface area contributed by atoms with Crippen LogP contribution in [0.15, 0.2) is 4.99 Å². The van der Waals surface area contributed by atoms with Crippen molar-refractivity contribution >= 4 is 36.0 Å². The Kier molecular flexibility index (Phi) is 11.0. The molecule has 0 aromatic carbocycles. The molecular formula is C21H40IN7O2. The lowest BCUT2D eigenvalue weighted by Crippen LogP contribution is -2.57. The van der Waals surface area contributed by atoms with Gasteiger partial charge >= 0.3 is 6.09 Å². The van der Waals surface area contributed by atoms with Gasteiger partial charge in [0.25, 0.3) is 0 Å². The van der Waals surface area contributed by atoms with Crippen molar-refractivity contribution < 1.29 is 9.53 Å². The SMILES string of the molecule is CCNC(=NCc1nnc2n1CCCC2)NCC(CC)(CC)NC(=O)OC(C)(C)C.I. The summed E-state index contributed by atoms with van der Waals surface area (Å²) in [6.45, 7) is 14.5.